The van der Waals surface area contributed by atoms with Gasteiger partial charge in [0.05, 0.1) is 0 Å². The van der Waals surface area contributed by atoms with E-state index in [1.807, 2.05) is 0 Å². The summed E-state index contributed by atoms with van der Waals surface area (Å²) in [6.45, 7) is 1.82. The van der Waals surface area contributed by atoms with Gasteiger partial charge in [0.15, 0.2) is 0 Å². The summed E-state index contributed by atoms with van der Waals surface area (Å²) >= 11 is 0. The minimum atomic E-state index is -0.989. The van der Waals surface area contributed by atoms with Gasteiger partial charge >= 0.3 is 11.9 Å². The van der Waals surface area contributed by atoms with Crippen LogP contribution in [0.25, 0.3) is 6.08 Å². The second-order valence-electron chi connectivity index (χ2n) is 3.43. The van der Waals surface area contributed by atoms with Crippen molar-refractivity contribution >= 4 is 18.0 Å². The topological polar surface area (TPSA) is 72.8 Å². The molecule has 1 N–H and O–H groups in total. The van der Waals surface area contributed by atoms with Crippen LogP contribution in [0.5, 0.6) is 5.75 Å². The highest BCUT2D eigenvalue weighted by Crippen LogP contribution is 2.13. The molecule has 0 radical (unpaired) electrons. The molecule has 1 aromatic carbocycles. The monoisotopic (exact) mass is 250 g/mol. The second kappa shape index (κ2) is 7.11. The number of esters is 1. The van der Waals surface area contributed by atoms with Gasteiger partial charge in [0.1, 0.15) is 19.0 Å². The summed E-state index contributed by atoms with van der Waals surface area (Å²) < 4.78 is 10.0. The normalized spacial score (nSPS) is 10.3. The summed E-state index contributed by atoms with van der Waals surface area (Å²) in [5.41, 5.74) is 0.768. The van der Waals surface area contributed by atoms with E-state index in [-0.39, 0.29) is 19.2 Å². The number of benzene rings is 1. The highest BCUT2D eigenvalue weighted by atomic mass is 16.6. The molecule has 0 aliphatic rings. The number of rotatable bonds is 6. The van der Waals surface area contributed by atoms with E-state index < -0.39 is 5.97 Å². The Balaban J connectivity index is 2.40. The van der Waals surface area contributed by atoms with E-state index in [4.69, 9.17) is 14.6 Å². The quantitative estimate of drug-likeness (QED) is 0.473. The molecule has 0 spiro atoms. The molecular formula is C13H14O5. The zero-order valence-corrected chi connectivity index (χ0v) is 9.96. The van der Waals surface area contributed by atoms with Gasteiger partial charge in [-0.25, -0.2) is 4.79 Å². The molecule has 0 atom stereocenters. The molecule has 0 fully saturated rings. The summed E-state index contributed by atoms with van der Waals surface area (Å²) in [5, 5.41) is 8.46. The number of carboxylic acids is 1. The number of ether oxygens (including phenoxy) is 2. The maximum absolute atomic E-state index is 10.5. The molecule has 0 saturated carbocycles. The maximum atomic E-state index is 10.5. The SMILES string of the molecule is CC(=O)OCCOc1ccc(C=CC(=O)O)cc1. The van der Waals surface area contributed by atoms with Crippen LogP contribution < -0.4 is 4.74 Å². The molecule has 0 aromatic heterocycles. The molecule has 0 bridgehead atoms. The van der Waals surface area contributed by atoms with Crippen LogP contribution in [0.2, 0.25) is 0 Å². The van der Waals surface area contributed by atoms with Crippen LogP contribution in [0.4, 0.5) is 0 Å². The molecule has 0 aliphatic carbocycles. The molecule has 1 rings (SSSR count). The second-order valence-corrected chi connectivity index (χ2v) is 3.43. The maximum Gasteiger partial charge on any atom is 0.328 e. The molecular weight excluding hydrogens is 236 g/mol. The average molecular weight is 250 g/mol. The van der Waals surface area contributed by atoms with Crippen LogP contribution in [0.15, 0.2) is 30.3 Å². The van der Waals surface area contributed by atoms with E-state index in [1.165, 1.54) is 13.0 Å². The number of hydrogen-bond donors (Lipinski definition) is 1. The first-order valence-electron chi connectivity index (χ1n) is 5.35. The van der Waals surface area contributed by atoms with Crippen molar-refractivity contribution in [3.63, 3.8) is 0 Å². The largest absolute Gasteiger partial charge is 0.490 e. The molecule has 0 aliphatic heterocycles. The highest BCUT2D eigenvalue weighted by Gasteiger charge is 1.96. The Labute approximate surface area is 105 Å². The van der Waals surface area contributed by atoms with Crippen LogP contribution in [0.1, 0.15) is 12.5 Å². The molecule has 18 heavy (non-hydrogen) atoms. The Bertz CT molecular complexity index is 433. The van der Waals surface area contributed by atoms with Gasteiger partial charge in [0.25, 0.3) is 0 Å². The van der Waals surface area contributed by atoms with Crippen molar-refractivity contribution in [3.05, 3.63) is 35.9 Å². The third-order valence-corrected chi connectivity index (χ3v) is 1.96. The minimum absolute atomic E-state index is 0.204. The smallest absolute Gasteiger partial charge is 0.328 e. The van der Waals surface area contributed by atoms with Crippen molar-refractivity contribution in [1.82, 2.24) is 0 Å². The number of hydrogen-bond acceptors (Lipinski definition) is 4. The van der Waals surface area contributed by atoms with Gasteiger partial charge in [-0.05, 0) is 23.8 Å². The number of carbonyl (C=O) groups excluding carboxylic acids is 1. The van der Waals surface area contributed by atoms with Gasteiger partial charge in [-0.1, -0.05) is 12.1 Å². The predicted molar refractivity (Wildman–Crippen MR) is 65.2 cm³/mol. The third-order valence-electron chi connectivity index (χ3n) is 1.96. The van der Waals surface area contributed by atoms with Crippen LogP contribution in [-0.4, -0.2) is 30.3 Å². The Morgan fingerprint density at radius 2 is 1.89 bits per heavy atom. The molecule has 1 aromatic rings. The number of aliphatic carboxylic acids is 1. The van der Waals surface area contributed by atoms with Crippen LogP contribution >= 0.6 is 0 Å². The Kier molecular flexibility index (Phi) is 5.44. The zero-order chi connectivity index (χ0) is 13.4. The summed E-state index contributed by atoms with van der Waals surface area (Å²) in [7, 11) is 0. The van der Waals surface area contributed by atoms with Crippen molar-refractivity contribution in [2.75, 3.05) is 13.2 Å². The zero-order valence-electron chi connectivity index (χ0n) is 9.96. The summed E-state index contributed by atoms with van der Waals surface area (Å²) in [5.74, 6) is -0.695. The van der Waals surface area contributed by atoms with E-state index in [2.05, 4.69) is 0 Å². The molecule has 96 valence electrons. The van der Waals surface area contributed by atoms with Gasteiger partial charge in [-0.3, -0.25) is 4.79 Å². The third kappa shape index (κ3) is 5.69. The minimum Gasteiger partial charge on any atom is -0.490 e. The molecule has 0 saturated heterocycles. The fraction of sp³-hybridized carbons (Fsp3) is 0.231. The van der Waals surface area contributed by atoms with Gasteiger partial charge < -0.3 is 14.6 Å². The van der Waals surface area contributed by atoms with Crippen molar-refractivity contribution in [2.24, 2.45) is 0 Å². The number of carbonyl (C=O) groups is 2. The van der Waals surface area contributed by atoms with Crippen LogP contribution in [0.3, 0.4) is 0 Å². The number of carboxylic acid groups (broad SMARTS) is 1. The fourth-order valence-electron chi connectivity index (χ4n) is 1.19. The lowest BCUT2D eigenvalue weighted by molar-refractivity contribution is -0.141. The first kappa shape index (κ1) is 13.8. The summed E-state index contributed by atoms with van der Waals surface area (Å²) in [6, 6.07) is 6.91. The standard InChI is InChI=1S/C13H14O5/c1-10(14)17-8-9-18-12-5-2-11(3-6-12)4-7-13(15)16/h2-7H,8-9H2,1H3,(H,15,16). The average Bonchev–Trinajstić information content (AvgIpc) is 2.33. The predicted octanol–water partition coefficient (Wildman–Crippen LogP) is 1.73. The van der Waals surface area contributed by atoms with Crippen LogP contribution in [0, 0.1) is 0 Å². The van der Waals surface area contributed by atoms with Gasteiger partial charge in [-0.15, -0.1) is 0 Å². The van der Waals surface area contributed by atoms with Crippen molar-refractivity contribution in [2.45, 2.75) is 6.92 Å². The van der Waals surface area contributed by atoms with E-state index in [1.54, 1.807) is 24.3 Å². The van der Waals surface area contributed by atoms with Gasteiger partial charge in [0.2, 0.25) is 0 Å². The van der Waals surface area contributed by atoms with Gasteiger partial charge in [-0.2, -0.15) is 0 Å². The molecule has 0 heterocycles. The molecule has 5 heteroatoms. The fourth-order valence-corrected chi connectivity index (χ4v) is 1.19. The first-order chi connectivity index (χ1) is 8.58. The van der Waals surface area contributed by atoms with Crippen molar-refractivity contribution in [3.8, 4) is 5.75 Å². The first-order valence-corrected chi connectivity index (χ1v) is 5.35. The van der Waals surface area contributed by atoms with Crippen molar-refractivity contribution < 1.29 is 24.2 Å². The van der Waals surface area contributed by atoms with Gasteiger partial charge in [0, 0.05) is 13.0 Å². The Morgan fingerprint density at radius 1 is 1.22 bits per heavy atom. The molecule has 0 amide bonds. The van der Waals surface area contributed by atoms with Crippen molar-refractivity contribution in [1.29, 1.82) is 0 Å². The molecule has 0 unspecified atom stereocenters. The van der Waals surface area contributed by atoms with E-state index in [0.717, 1.165) is 11.6 Å². The lowest BCUT2D eigenvalue weighted by Crippen LogP contribution is -2.09. The Morgan fingerprint density at radius 3 is 2.44 bits per heavy atom. The summed E-state index contributed by atoms with van der Waals surface area (Å²) in [4.78, 5) is 20.8. The molecule has 5 nitrogen and oxygen atoms in total. The lowest BCUT2D eigenvalue weighted by atomic mass is 10.2. The highest BCUT2D eigenvalue weighted by molar-refractivity contribution is 5.85. The van der Waals surface area contributed by atoms with E-state index >= 15 is 0 Å². The Hall–Kier alpha value is -2.30. The summed E-state index contributed by atoms with van der Waals surface area (Å²) in [6.07, 6.45) is 2.56. The van der Waals surface area contributed by atoms with E-state index in [0.29, 0.717) is 5.75 Å². The van der Waals surface area contributed by atoms with Crippen LogP contribution in [-0.2, 0) is 14.3 Å². The van der Waals surface area contributed by atoms with E-state index in [9.17, 15) is 9.59 Å². The lowest BCUT2D eigenvalue weighted by Gasteiger charge is -2.06.